The van der Waals surface area contributed by atoms with E-state index in [1.54, 1.807) is 26.1 Å². The van der Waals surface area contributed by atoms with Crippen LogP contribution >= 0.6 is 11.6 Å². The number of nitrogens with zero attached hydrogens (tertiary/aromatic N) is 2. The number of ether oxygens (including phenoxy) is 1. The van der Waals surface area contributed by atoms with Crippen LogP contribution in [-0.4, -0.2) is 16.1 Å². The highest BCUT2D eigenvalue weighted by Crippen LogP contribution is 2.31. The molecule has 0 N–H and O–H groups in total. The van der Waals surface area contributed by atoms with Crippen LogP contribution in [0, 0.1) is 13.8 Å². The van der Waals surface area contributed by atoms with Gasteiger partial charge >= 0.3 is 0 Å². The molecule has 18 heavy (non-hydrogen) atoms. The van der Waals surface area contributed by atoms with Crippen LogP contribution in [0.4, 0.5) is 0 Å². The van der Waals surface area contributed by atoms with Crippen molar-refractivity contribution >= 4 is 17.9 Å². The van der Waals surface area contributed by atoms with Gasteiger partial charge in [0.2, 0.25) is 5.88 Å². The van der Waals surface area contributed by atoms with Gasteiger partial charge in [-0.15, -0.1) is 0 Å². The van der Waals surface area contributed by atoms with E-state index >= 15 is 0 Å². The summed E-state index contributed by atoms with van der Waals surface area (Å²) in [6.07, 6.45) is 0.736. The average molecular weight is 265 g/mol. The van der Waals surface area contributed by atoms with E-state index in [1.165, 1.54) is 4.68 Å². The van der Waals surface area contributed by atoms with Crippen molar-refractivity contribution in [2.75, 3.05) is 0 Å². The molecule has 0 unspecified atom stereocenters. The molecule has 0 aliphatic carbocycles. The molecule has 0 bridgehead atoms. The van der Waals surface area contributed by atoms with E-state index in [0.29, 0.717) is 27.9 Å². The monoisotopic (exact) mass is 264 g/mol. The summed E-state index contributed by atoms with van der Waals surface area (Å²) in [6.45, 7) is 3.70. The van der Waals surface area contributed by atoms with Gasteiger partial charge in [0.15, 0.2) is 6.29 Å². The molecule has 0 fully saturated rings. The molecule has 0 aliphatic heterocycles. The average Bonchev–Trinajstić information content (AvgIpc) is 2.57. The molecule has 0 radical (unpaired) electrons. The van der Waals surface area contributed by atoms with Crippen molar-refractivity contribution in [3.05, 3.63) is 40.0 Å². The molecule has 0 spiro atoms. The van der Waals surface area contributed by atoms with Gasteiger partial charge in [0.05, 0.1) is 16.3 Å². The second kappa shape index (κ2) is 4.82. The second-order valence-corrected chi connectivity index (χ2v) is 4.49. The van der Waals surface area contributed by atoms with Crippen molar-refractivity contribution in [3.8, 4) is 11.6 Å². The third kappa shape index (κ3) is 2.24. The molecule has 94 valence electrons. The minimum Gasteiger partial charge on any atom is -0.437 e. The normalized spacial score (nSPS) is 10.4. The fraction of sp³-hybridized carbons (Fsp3) is 0.231. The maximum Gasteiger partial charge on any atom is 0.228 e. The zero-order valence-corrected chi connectivity index (χ0v) is 11.2. The fourth-order valence-electron chi connectivity index (χ4n) is 1.70. The highest BCUT2D eigenvalue weighted by atomic mass is 35.5. The summed E-state index contributed by atoms with van der Waals surface area (Å²) in [7, 11) is 1.72. The number of benzene rings is 1. The van der Waals surface area contributed by atoms with Gasteiger partial charge in [-0.2, -0.15) is 5.10 Å². The Morgan fingerprint density at radius 1 is 1.39 bits per heavy atom. The number of rotatable bonds is 3. The van der Waals surface area contributed by atoms with Gasteiger partial charge in [0.1, 0.15) is 5.75 Å². The number of carbonyl (C=O) groups is 1. The van der Waals surface area contributed by atoms with Gasteiger partial charge in [0.25, 0.3) is 0 Å². The molecule has 2 aromatic rings. The molecular weight excluding hydrogens is 252 g/mol. The molecule has 1 heterocycles. The third-order valence-electron chi connectivity index (χ3n) is 2.63. The highest BCUT2D eigenvalue weighted by Gasteiger charge is 2.15. The van der Waals surface area contributed by atoms with E-state index in [2.05, 4.69) is 5.10 Å². The number of aryl methyl sites for hydroxylation is 3. The first-order valence-corrected chi connectivity index (χ1v) is 5.83. The van der Waals surface area contributed by atoms with Gasteiger partial charge in [-0.3, -0.25) is 4.79 Å². The lowest BCUT2D eigenvalue weighted by Gasteiger charge is -2.08. The Labute approximate surface area is 110 Å². The quantitative estimate of drug-likeness (QED) is 0.799. The van der Waals surface area contributed by atoms with E-state index in [-0.39, 0.29) is 0 Å². The SMILES string of the molecule is Cc1ccc(Oc2c(C=O)c(C)nn2C)c(Cl)c1. The Kier molecular flexibility index (Phi) is 3.39. The number of hydrogen-bond donors (Lipinski definition) is 0. The molecule has 1 aromatic carbocycles. The summed E-state index contributed by atoms with van der Waals surface area (Å²) in [5.74, 6) is 0.904. The van der Waals surface area contributed by atoms with Crippen LogP contribution in [0.15, 0.2) is 18.2 Å². The summed E-state index contributed by atoms with van der Waals surface area (Å²) in [4.78, 5) is 11.0. The number of hydrogen-bond acceptors (Lipinski definition) is 3. The Bertz CT molecular complexity index is 605. The fourth-order valence-corrected chi connectivity index (χ4v) is 1.98. The third-order valence-corrected chi connectivity index (χ3v) is 2.92. The number of halogens is 1. The zero-order chi connectivity index (χ0) is 13.3. The van der Waals surface area contributed by atoms with Crippen molar-refractivity contribution in [2.24, 2.45) is 7.05 Å². The predicted octanol–water partition coefficient (Wildman–Crippen LogP) is 3.30. The first-order chi connectivity index (χ1) is 8.52. The van der Waals surface area contributed by atoms with Crippen LogP contribution in [0.1, 0.15) is 21.6 Å². The molecule has 0 amide bonds. The molecular formula is C13H13ClN2O2. The number of carbonyl (C=O) groups excluding carboxylic acids is 1. The van der Waals surface area contributed by atoms with Crippen LogP contribution in [0.2, 0.25) is 5.02 Å². The Balaban J connectivity index is 2.42. The minimum absolute atomic E-state index is 0.397. The molecule has 0 saturated carbocycles. The van der Waals surface area contributed by atoms with E-state index in [4.69, 9.17) is 16.3 Å². The molecule has 0 aliphatic rings. The summed E-state index contributed by atoms with van der Waals surface area (Å²) in [5, 5.41) is 4.65. The first kappa shape index (κ1) is 12.6. The summed E-state index contributed by atoms with van der Waals surface area (Å²) in [5.41, 5.74) is 2.11. The summed E-state index contributed by atoms with van der Waals surface area (Å²) >= 11 is 6.09. The van der Waals surface area contributed by atoms with Crippen molar-refractivity contribution in [3.63, 3.8) is 0 Å². The maximum absolute atomic E-state index is 11.0. The van der Waals surface area contributed by atoms with E-state index in [0.717, 1.165) is 11.8 Å². The van der Waals surface area contributed by atoms with Crippen molar-refractivity contribution < 1.29 is 9.53 Å². The lowest BCUT2D eigenvalue weighted by atomic mass is 10.2. The molecule has 0 atom stereocenters. The van der Waals surface area contributed by atoms with Gasteiger partial charge in [-0.1, -0.05) is 17.7 Å². The summed E-state index contributed by atoms with van der Waals surface area (Å²) < 4.78 is 7.20. The van der Waals surface area contributed by atoms with E-state index in [9.17, 15) is 4.79 Å². The molecule has 0 saturated heterocycles. The zero-order valence-electron chi connectivity index (χ0n) is 10.4. The molecule has 4 nitrogen and oxygen atoms in total. The smallest absolute Gasteiger partial charge is 0.228 e. The Morgan fingerprint density at radius 2 is 2.11 bits per heavy atom. The van der Waals surface area contributed by atoms with Gasteiger partial charge < -0.3 is 4.74 Å². The molecule has 1 aromatic heterocycles. The number of aldehydes is 1. The largest absolute Gasteiger partial charge is 0.437 e. The molecule has 2 rings (SSSR count). The Hall–Kier alpha value is -1.81. The topological polar surface area (TPSA) is 44.1 Å². The van der Waals surface area contributed by atoms with Crippen LogP contribution < -0.4 is 4.74 Å². The van der Waals surface area contributed by atoms with Crippen LogP contribution in [0.3, 0.4) is 0 Å². The summed E-state index contributed by atoms with van der Waals surface area (Å²) in [6, 6.07) is 5.47. The Morgan fingerprint density at radius 3 is 2.72 bits per heavy atom. The van der Waals surface area contributed by atoms with Gasteiger partial charge in [0, 0.05) is 7.05 Å². The lowest BCUT2D eigenvalue weighted by molar-refractivity contribution is 0.112. The molecule has 5 heteroatoms. The second-order valence-electron chi connectivity index (χ2n) is 4.08. The van der Waals surface area contributed by atoms with Crippen LogP contribution in [0.25, 0.3) is 0 Å². The van der Waals surface area contributed by atoms with Gasteiger partial charge in [-0.05, 0) is 31.5 Å². The van der Waals surface area contributed by atoms with Crippen molar-refractivity contribution in [2.45, 2.75) is 13.8 Å². The predicted molar refractivity (Wildman–Crippen MR) is 69.6 cm³/mol. The first-order valence-electron chi connectivity index (χ1n) is 5.45. The van der Waals surface area contributed by atoms with Gasteiger partial charge in [-0.25, -0.2) is 4.68 Å². The van der Waals surface area contributed by atoms with Crippen molar-refractivity contribution in [1.82, 2.24) is 9.78 Å². The van der Waals surface area contributed by atoms with E-state index < -0.39 is 0 Å². The van der Waals surface area contributed by atoms with E-state index in [1.807, 2.05) is 13.0 Å². The highest BCUT2D eigenvalue weighted by molar-refractivity contribution is 6.32. The maximum atomic E-state index is 11.0. The minimum atomic E-state index is 0.397. The van der Waals surface area contributed by atoms with Crippen LogP contribution in [-0.2, 0) is 7.05 Å². The lowest BCUT2D eigenvalue weighted by Crippen LogP contribution is -1.97. The van der Waals surface area contributed by atoms with Crippen molar-refractivity contribution in [1.29, 1.82) is 0 Å². The standard InChI is InChI=1S/C13H13ClN2O2/c1-8-4-5-12(11(14)6-8)18-13-10(7-17)9(2)15-16(13)3/h4-7H,1-3H3. The number of aromatic nitrogens is 2. The van der Waals surface area contributed by atoms with Crippen LogP contribution in [0.5, 0.6) is 11.6 Å².